The number of Topliss-reactive ketones (excluding diaryl/α,β-unsaturated/α-hetero) is 3. The maximum Gasteiger partial charge on any atom is 0.257 e. The van der Waals surface area contributed by atoms with E-state index >= 15 is 0 Å². The molecular weight excluding hydrogens is 624 g/mol. The normalized spacial score (nSPS) is 21.5. The molecule has 246 valence electrons. The van der Waals surface area contributed by atoms with Crippen molar-refractivity contribution in [3.05, 3.63) is 53.1 Å². The van der Waals surface area contributed by atoms with Crippen LogP contribution in [0.1, 0.15) is 31.1 Å². The van der Waals surface area contributed by atoms with Crippen LogP contribution in [0.3, 0.4) is 0 Å². The van der Waals surface area contributed by atoms with Crippen molar-refractivity contribution in [1.82, 2.24) is 0 Å². The van der Waals surface area contributed by atoms with E-state index in [1.54, 1.807) is 0 Å². The van der Waals surface area contributed by atoms with Crippen molar-refractivity contribution >= 4 is 17.3 Å². The summed E-state index contributed by atoms with van der Waals surface area (Å²) >= 11 is 0. The van der Waals surface area contributed by atoms with Crippen molar-refractivity contribution < 1.29 is 90.2 Å². The van der Waals surface area contributed by atoms with E-state index in [0.717, 1.165) is 0 Å². The highest BCUT2D eigenvalue weighted by atomic mass is 16.6. The van der Waals surface area contributed by atoms with Gasteiger partial charge in [-0.05, 0) is 36.4 Å². The number of carbonyl (C=O) groups excluding carboxylic acids is 3. The van der Waals surface area contributed by atoms with Crippen molar-refractivity contribution in [3.8, 4) is 51.7 Å². The molecule has 1 saturated heterocycles. The first-order valence-corrected chi connectivity index (χ1v) is 12.8. The molecule has 0 unspecified atom stereocenters. The van der Waals surface area contributed by atoms with Gasteiger partial charge < -0.3 is 75.9 Å². The molecule has 13 N–H and O–H groups in total. The standard InChI is InChI=1S/C28H26O18/c29-11-1-8(2-12(30)18(11)35)24(41)28(25(42)9-3-13(31)19(36)14(32)4-9,26(43)10-5-15(33)20(37)16(34)6-10)45-7-17-21(38)22(39)23(40)27(44)46-17/h1-6,17,21-23,27,29-40,44H,7H2/t17-,21-,22+,23-,27-/m1/s1. The topological polar surface area (TPSA) is 333 Å². The lowest BCUT2D eigenvalue weighted by Crippen LogP contribution is -2.61. The molecule has 0 radical (unpaired) electrons. The molecule has 0 bridgehead atoms. The number of carbonyl (C=O) groups is 3. The van der Waals surface area contributed by atoms with Gasteiger partial charge in [-0.1, -0.05) is 0 Å². The molecule has 0 aliphatic carbocycles. The average Bonchev–Trinajstić information content (AvgIpc) is 3.01. The Morgan fingerprint density at radius 2 is 0.848 bits per heavy atom. The fraction of sp³-hybridized carbons (Fsp3) is 0.250. The molecular formula is C28H26O18. The van der Waals surface area contributed by atoms with Gasteiger partial charge >= 0.3 is 0 Å². The summed E-state index contributed by atoms with van der Waals surface area (Å²) in [7, 11) is 0. The van der Waals surface area contributed by atoms with Crippen molar-refractivity contribution in [2.75, 3.05) is 6.61 Å². The zero-order valence-electron chi connectivity index (χ0n) is 22.9. The predicted octanol–water partition coefficient (Wildman–Crippen LogP) is -1.46. The molecule has 18 nitrogen and oxygen atoms in total. The Bertz CT molecular complexity index is 1480. The van der Waals surface area contributed by atoms with Crippen molar-refractivity contribution in [2.45, 2.75) is 36.3 Å². The second kappa shape index (κ2) is 12.2. The summed E-state index contributed by atoms with van der Waals surface area (Å²) < 4.78 is 10.5. The smallest absolute Gasteiger partial charge is 0.257 e. The number of phenols is 9. The highest BCUT2D eigenvalue weighted by Gasteiger charge is 2.56. The lowest BCUT2D eigenvalue weighted by atomic mass is 9.79. The molecule has 1 fully saturated rings. The fourth-order valence-electron chi connectivity index (χ4n) is 4.60. The third-order valence-electron chi connectivity index (χ3n) is 7.11. The summed E-state index contributed by atoms with van der Waals surface area (Å²) in [5.41, 5.74) is -6.52. The first kappa shape index (κ1) is 33.5. The second-order valence-electron chi connectivity index (χ2n) is 10.1. The van der Waals surface area contributed by atoms with E-state index in [2.05, 4.69) is 0 Å². The van der Waals surface area contributed by atoms with E-state index in [-0.39, 0.29) is 0 Å². The van der Waals surface area contributed by atoms with Crippen LogP contribution in [0, 0.1) is 0 Å². The number of ether oxygens (including phenoxy) is 2. The maximum absolute atomic E-state index is 14.3. The second-order valence-corrected chi connectivity index (χ2v) is 10.1. The van der Waals surface area contributed by atoms with Gasteiger partial charge in [-0.25, -0.2) is 0 Å². The van der Waals surface area contributed by atoms with Gasteiger partial charge in [0.05, 0.1) is 6.61 Å². The highest BCUT2D eigenvalue weighted by Crippen LogP contribution is 2.42. The first-order valence-electron chi connectivity index (χ1n) is 12.8. The van der Waals surface area contributed by atoms with Gasteiger partial charge in [-0.15, -0.1) is 0 Å². The highest BCUT2D eigenvalue weighted by molar-refractivity contribution is 6.39. The lowest BCUT2D eigenvalue weighted by molar-refractivity contribution is -0.290. The summed E-state index contributed by atoms with van der Waals surface area (Å²) in [6.45, 7) is -1.28. The molecule has 1 aliphatic heterocycles. The zero-order valence-corrected chi connectivity index (χ0v) is 22.9. The largest absolute Gasteiger partial charge is 0.504 e. The van der Waals surface area contributed by atoms with E-state index in [1.807, 2.05) is 0 Å². The zero-order chi connectivity index (χ0) is 34.4. The molecule has 0 aromatic heterocycles. The molecule has 0 saturated carbocycles. The van der Waals surface area contributed by atoms with Crippen molar-refractivity contribution in [3.63, 3.8) is 0 Å². The number of aliphatic hydroxyl groups excluding tert-OH is 4. The summed E-state index contributed by atoms with van der Waals surface area (Å²) in [6, 6.07) is 2.85. The van der Waals surface area contributed by atoms with Gasteiger partial charge in [0.15, 0.2) is 58.0 Å². The van der Waals surface area contributed by atoms with Crippen LogP contribution >= 0.6 is 0 Å². The van der Waals surface area contributed by atoms with Gasteiger partial charge in [0.2, 0.25) is 17.3 Å². The number of aromatic hydroxyl groups is 9. The van der Waals surface area contributed by atoms with Crippen LogP contribution in [0.4, 0.5) is 0 Å². The third-order valence-corrected chi connectivity index (χ3v) is 7.11. The molecule has 3 aromatic carbocycles. The van der Waals surface area contributed by atoms with Crippen molar-refractivity contribution in [2.24, 2.45) is 0 Å². The maximum atomic E-state index is 14.3. The number of hydrogen-bond donors (Lipinski definition) is 13. The summed E-state index contributed by atoms with van der Waals surface area (Å²) in [6.07, 6.45) is -10.4. The van der Waals surface area contributed by atoms with Crippen LogP contribution in [0.25, 0.3) is 0 Å². The van der Waals surface area contributed by atoms with E-state index in [4.69, 9.17) is 9.47 Å². The van der Waals surface area contributed by atoms with Crippen LogP contribution in [-0.2, 0) is 9.47 Å². The van der Waals surface area contributed by atoms with Crippen LogP contribution in [0.5, 0.6) is 51.7 Å². The molecule has 5 atom stereocenters. The van der Waals surface area contributed by atoms with Crippen molar-refractivity contribution in [1.29, 1.82) is 0 Å². The number of phenolic OH excluding ortho intramolecular Hbond substituents is 9. The minimum Gasteiger partial charge on any atom is -0.504 e. The average molecular weight is 650 g/mol. The van der Waals surface area contributed by atoms with Gasteiger partial charge in [-0.2, -0.15) is 0 Å². The summed E-state index contributed by atoms with van der Waals surface area (Å²) in [5, 5.41) is 130. The Kier molecular flexibility index (Phi) is 8.89. The minimum absolute atomic E-state index is 0.476. The molecule has 4 rings (SSSR count). The fourth-order valence-corrected chi connectivity index (χ4v) is 4.60. The molecule has 1 heterocycles. The summed E-state index contributed by atoms with van der Waals surface area (Å²) in [4.78, 5) is 42.8. The monoisotopic (exact) mass is 650 g/mol. The Hall–Kier alpha value is -5.37. The molecule has 0 amide bonds. The molecule has 0 spiro atoms. The number of benzene rings is 3. The quantitative estimate of drug-likeness (QED) is 0.0714. The van der Waals surface area contributed by atoms with E-state index in [1.165, 1.54) is 0 Å². The Balaban J connectivity index is 2.01. The third kappa shape index (κ3) is 5.62. The summed E-state index contributed by atoms with van der Waals surface area (Å²) in [5.74, 6) is -15.7. The number of hydrogen-bond acceptors (Lipinski definition) is 18. The Morgan fingerprint density at radius 1 is 0.543 bits per heavy atom. The molecule has 18 heteroatoms. The predicted molar refractivity (Wildman–Crippen MR) is 145 cm³/mol. The van der Waals surface area contributed by atoms with Gasteiger partial charge in [0, 0.05) is 16.7 Å². The van der Waals surface area contributed by atoms with Crippen LogP contribution in [0.2, 0.25) is 0 Å². The first-order chi connectivity index (χ1) is 21.4. The molecule has 46 heavy (non-hydrogen) atoms. The van der Waals surface area contributed by atoms with Gasteiger partial charge in [0.1, 0.15) is 24.4 Å². The number of aliphatic hydroxyl groups is 4. The Morgan fingerprint density at radius 3 is 1.15 bits per heavy atom. The van der Waals surface area contributed by atoms with Crippen LogP contribution in [-0.4, -0.2) is 127 Å². The van der Waals surface area contributed by atoms with E-state index in [0.29, 0.717) is 36.4 Å². The van der Waals surface area contributed by atoms with E-state index in [9.17, 15) is 80.8 Å². The number of ketones is 3. The van der Waals surface area contributed by atoms with Gasteiger partial charge in [-0.3, -0.25) is 14.4 Å². The minimum atomic E-state index is -3.71. The van der Waals surface area contributed by atoms with Gasteiger partial charge in [0.25, 0.3) is 5.60 Å². The molecule has 1 aliphatic rings. The molecule has 3 aromatic rings. The van der Waals surface area contributed by atoms with Crippen LogP contribution in [0.15, 0.2) is 36.4 Å². The SMILES string of the molecule is O=C(c1cc(O)c(O)c(O)c1)C(OC[C@H]1O[C@@H](O)[C@H](O)[C@@H](O)[C@@H]1O)(C(=O)c1cc(O)c(O)c(O)c1)C(=O)c1cc(O)c(O)c(O)c1. The lowest BCUT2D eigenvalue weighted by Gasteiger charge is -2.39. The Labute approximate surface area is 255 Å². The van der Waals surface area contributed by atoms with Crippen LogP contribution < -0.4 is 0 Å². The number of rotatable bonds is 9. The van der Waals surface area contributed by atoms with E-state index < -0.39 is 129 Å².